The van der Waals surface area contributed by atoms with Crippen molar-refractivity contribution in [3.05, 3.63) is 87.7 Å². The van der Waals surface area contributed by atoms with E-state index in [1.54, 1.807) is 18.2 Å². The third-order valence-corrected chi connectivity index (χ3v) is 9.14. The van der Waals surface area contributed by atoms with Crippen molar-refractivity contribution in [2.45, 2.75) is 66.4 Å². The van der Waals surface area contributed by atoms with E-state index in [0.29, 0.717) is 16.6 Å². The first kappa shape index (κ1) is 36.4. The van der Waals surface area contributed by atoms with Gasteiger partial charge in [0, 0.05) is 24.1 Å². The minimum atomic E-state index is -4.67. The van der Waals surface area contributed by atoms with Crippen LogP contribution in [-0.2, 0) is 15.8 Å². The van der Waals surface area contributed by atoms with Gasteiger partial charge in [0.25, 0.3) is 5.91 Å². The number of alkyl halides is 4. The number of nitrogens with two attached hydrogens (primary N) is 1. The highest BCUT2D eigenvalue weighted by molar-refractivity contribution is 6.08. The molecule has 48 heavy (non-hydrogen) atoms. The van der Waals surface area contributed by atoms with Gasteiger partial charge in [0.05, 0.1) is 38.8 Å². The van der Waals surface area contributed by atoms with Crippen LogP contribution in [0.25, 0.3) is 11.1 Å². The van der Waals surface area contributed by atoms with Crippen molar-refractivity contribution >= 4 is 29.0 Å². The maximum atomic E-state index is 13.6. The lowest BCUT2D eigenvalue weighted by molar-refractivity contribution is -0.141. The first-order valence-electron chi connectivity index (χ1n) is 15.7. The van der Waals surface area contributed by atoms with Crippen LogP contribution in [0.2, 0.25) is 0 Å². The fourth-order valence-electron chi connectivity index (χ4n) is 6.14. The molecule has 2 atom stereocenters. The molecule has 2 aromatic carbocycles. The summed E-state index contributed by atoms with van der Waals surface area (Å²) in [6.07, 6.45) is -5.46. The van der Waals surface area contributed by atoms with Gasteiger partial charge in [-0.05, 0) is 80.6 Å². The number of aryl methyl sites for hydroxylation is 3. The average Bonchev–Trinajstić information content (AvgIpc) is 3.00. The van der Waals surface area contributed by atoms with Gasteiger partial charge in [0.1, 0.15) is 29.1 Å². The van der Waals surface area contributed by atoms with Crippen LogP contribution in [-0.4, -0.2) is 60.5 Å². The Hall–Kier alpha value is -4.42. The van der Waals surface area contributed by atoms with Gasteiger partial charge >= 0.3 is 6.18 Å². The van der Waals surface area contributed by atoms with Crippen LogP contribution in [0, 0.1) is 20.8 Å². The number of aliphatic hydroxyl groups is 1. The highest BCUT2D eigenvalue weighted by Crippen LogP contribution is 2.38. The molecule has 3 N–H and O–H groups in total. The summed E-state index contributed by atoms with van der Waals surface area (Å²) in [5.74, 6) is -1.35. The molecule has 2 unspecified atom stereocenters. The molecule has 0 aliphatic carbocycles. The van der Waals surface area contributed by atoms with Crippen molar-refractivity contribution in [3.8, 4) is 11.1 Å². The van der Waals surface area contributed by atoms with E-state index < -0.39 is 36.0 Å². The molecule has 2 heterocycles. The zero-order valence-corrected chi connectivity index (χ0v) is 28.2. The van der Waals surface area contributed by atoms with Gasteiger partial charge in [0.2, 0.25) is 5.91 Å². The van der Waals surface area contributed by atoms with E-state index in [-0.39, 0.29) is 36.6 Å². The van der Waals surface area contributed by atoms with Crippen LogP contribution >= 0.6 is 0 Å². The summed E-state index contributed by atoms with van der Waals surface area (Å²) in [4.78, 5) is 34.0. The Balaban J connectivity index is 1.62. The van der Waals surface area contributed by atoms with Crippen LogP contribution in [0.15, 0.2) is 59.2 Å². The minimum Gasteiger partial charge on any atom is -0.378 e. The second-order valence-corrected chi connectivity index (χ2v) is 12.6. The number of aliphatic hydroxyl groups excluding tert-OH is 1. The second-order valence-electron chi connectivity index (χ2n) is 12.6. The summed E-state index contributed by atoms with van der Waals surface area (Å²) >= 11 is 0. The molecule has 8 nitrogen and oxygen atoms in total. The number of nitrogens with zero attached hydrogens (tertiary/aromatic N) is 4. The Morgan fingerprint density at radius 1 is 1.08 bits per heavy atom. The van der Waals surface area contributed by atoms with Crippen LogP contribution in [0.1, 0.15) is 66.8 Å². The molecule has 12 heteroatoms. The van der Waals surface area contributed by atoms with Crippen molar-refractivity contribution < 1.29 is 32.3 Å². The number of primary amides is 1. The van der Waals surface area contributed by atoms with E-state index in [0.717, 1.165) is 45.3 Å². The smallest absolute Gasteiger partial charge is 0.378 e. The summed E-state index contributed by atoms with van der Waals surface area (Å²) in [6.45, 7) is 11.9. The van der Waals surface area contributed by atoms with E-state index in [9.17, 15) is 32.3 Å². The van der Waals surface area contributed by atoms with Gasteiger partial charge in [0.15, 0.2) is 6.10 Å². The fraction of sp³-hybridized carbons (Fsp3) is 0.389. The summed E-state index contributed by atoms with van der Waals surface area (Å²) in [7, 11) is 2.05. The maximum absolute atomic E-state index is 13.6. The molecular formula is C36H42F4N5O3+. The van der Waals surface area contributed by atoms with Gasteiger partial charge in [-0.25, -0.2) is 14.4 Å². The molecular weight excluding hydrogens is 626 g/mol. The molecule has 0 saturated carbocycles. The number of allylic oxidation sites excluding steroid dienone is 1. The number of rotatable bonds is 10. The number of carbonyl (C=O) groups is 2. The number of amides is 2. The third kappa shape index (κ3) is 7.50. The predicted octanol–water partition coefficient (Wildman–Crippen LogP) is 6.66. The molecule has 4 rings (SSSR count). The number of pyridine rings is 1. The molecule has 2 amide bonds. The molecule has 1 saturated heterocycles. The largest absolute Gasteiger partial charge is 0.433 e. The molecule has 0 spiro atoms. The number of hydrogen-bond donors (Lipinski definition) is 2. The minimum absolute atomic E-state index is 0.0444. The van der Waals surface area contributed by atoms with Gasteiger partial charge in [-0.1, -0.05) is 24.3 Å². The third-order valence-electron chi connectivity index (χ3n) is 9.14. The first-order valence-corrected chi connectivity index (χ1v) is 15.7. The normalized spacial score (nSPS) is 16.4. The van der Waals surface area contributed by atoms with Gasteiger partial charge in [-0.15, -0.1) is 0 Å². The molecule has 1 aliphatic rings. The van der Waals surface area contributed by atoms with Gasteiger partial charge < -0.3 is 15.7 Å². The number of anilines is 1. The number of aliphatic imine (C=N–C) groups is 1. The van der Waals surface area contributed by atoms with Crippen molar-refractivity contribution in [3.63, 3.8) is 0 Å². The van der Waals surface area contributed by atoms with Crippen molar-refractivity contribution in [1.29, 1.82) is 0 Å². The number of benzene rings is 2. The Kier molecular flexibility index (Phi) is 10.6. The number of aromatic nitrogens is 1. The fourth-order valence-corrected chi connectivity index (χ4v) is 6.14. The van der Waals surface area contributed by atoms with E-state index >= 15 is 0 Å². The highest BCUT2D eigenvalue weighted by Gasteiger charge is 2.36. The van der Waals surface area contributed by atoms with E-state index in [2.05, 4.69) is 16.0 Å². The first-order chi connectivity index (χ1) is 22.4. The van der Waals surface area contributed by atoms with Crippen molar-refractivity contribution in [2.24, 2.45) is 10.7 Å². The van der Waals surface area contributed by atoms with Crippen LogP contribution in [0.5, 0.6) is 0 Å². The standard InChI is InChI=1S/C36H41F4N5O3/c1-8-45(7,29-17-25(11-9-20(29)2)32-21(3)15-26(16-22(32)4)33(47)34(41)48)23(5)10-14-31(46)42-24(6)28-12-13-30(36(38,39)40)43-35(28)44-18-27(37)19-44/h9-13,15-17,27,33,47H,8,14,18-19H2,1-7H3,(H-,41,48)/p+1/b23-10-,42-24?. The van der Waals surface area contributed by atoms with Crippen LogP contribution in [0.4, 0.5) is 29.1 Å². The summed E-state index contributed by atoms with van der Waals surface area (Å²) in [5.41, 5.74) is 11.7. The van der Waals surface area contributed by atoms with Crippen LogP contribution < -0.4 is 15.1 Å². The monoisotopic (exact) mass is 668 g/mol. The zero-order chi connectivity index (χ0) is 35.7. The summed E-state index contributed by atoms with van der Waals surface area (Å²) in [5, 5.41) is 10.2. The van der Waals surface area contributed by atoms with Gasteiger partial charge in [-0.3, -0.25) is 14.1 Å². The Bertz CT molecular complexity index is 1770. The molecule has 1 aliphatic heterocycles. The molecule has 3 aromatic rings. The SMILES string of the molecule is CC[N+](C)(/C(C)=C\CC(=O)N=C(C)c1ccc(C(F)(F)F)nc1N1CC(F)C1)c1cc(-c2c(C)cc(C(O)C(N)=O)cc2C)ccc1C. The molecule has 0 bridgehead atoms. The topological polar surface area (TPSA) is 109 Å². The molecule has 1 fully saturated rings. The average molecular weight is 669 g/mol. The Morgan fingerprint density at radius 2 is 1.71 bits per heavy atom. The number of carbonyl (C=O) groups excluding carboxylic acids is 2. The Morgan fingerprint density at radius 3 is 2.25 bits per heavy atom. The molecule has 0 radical (unpaired) electrons. The summed E-state index contributed by atoms with van der Waals surface area (Å²) in [6, 6.07) is 11.7. The second kappa shape index (κ2) is 14.0. The molecule has 1 aromatic heterocycles. The zero-order valence-electron chi connectivity index (χ0n) is 28.2. The Labute approximate surface area is 278 Å². The maximum Gasteiger partial charge on any atom is 0.433 e. The lowest BCUT2D eigenvalue weighted by Crippen LogP contribution is -2.49. The van der Waals surface area contributed by atoms with Crippen molar-refractivity contribution in [2.75, 3.05) is 31.6 Å². The highest BCUT2D eigenvalue weighted by atomic mass is 19.4. The van der Waals surface area contributed by atoms with Crippen molar-refractivity contribution in [1.82, 2.24) is 9.47 Å². The lowest BCUT2D eigenvalue weighted by Gasteiger charge is -2.36. The van der Waals surface area contributed by atoms with Gasteiger partial charge in [-0.2, -0.15) is 13.2 Å². The number of halogens is 4. The van der Waals surface area contributed by atoms with E-state index in [4.69, 9.17) is 5.73 Å². The van der Waals surface area contributed by atoms with Crippen LogP contribution in [0.3, 0.4) is 0 Å². The summed E-state index contributed by atoms with van der Waals surface area (Å²) < 4.78 is 54.1. The van der Waals surface area contributed by atoms with E-state index in [1.807, 2.05) is 53.8 Å². The lowest BCUT2D eigenvalue weighted by atomic mass is 9.91. The quantitative estimate of drug-likeness (QED) is 0.143. The number of hydrogen-bond acceptors (Lipinski definition) is 5. The predicted molar refractivity (Wildman–Crippen MR) is 180 cm³/mol. The van der Waals surface area contributed by atoms with E-state index in [1.165, 1.54) is 17.9 Å². The molecule has 256 valence electrons. The number of quaternary nitrogens is 1.